The summed E-state index contributed by atoms with van der Waals surface area (Å²) in [4.78, 5) is 30.0. The molecule has 0 aliphatic rings. The molecule has 0 heterocycles. The number of methoxy groups -OCH3 is 2. The molecule has 0 fully saturated rings. The lowest BCUT2D eigenvalue weighted by molar-refractivity contribution is -0.140. The lowest BCUT2D eigenvalue weighted by Crippen LogP contribution is -2.54. The van der Waals surface area contributed by atoms with E-state index < -0.39 is 28.5 Å². The molecule has 2 atom stereocenters. The Morgan fingerprint density at radius 1 is 0.830 bits per heavy atom. The molecule has 11 heteroatoms. The molecule has 0 radical (unpaired) electrons. The summed E-state index contributed by atoms with van der Waals surface area (Å²) in [6.07, 6.45) is 0.928. The average Bonchev–Trinajstić information content (AvgIpc) is 3.09. The van der Waals surface area contributed by atoms with Crippen molar-refractivity contribution in [3.8, 4) is 11.5 Å². The fraction of sp³-hybridized carbons (Fsp3) is 0.278. The van der Waals surface area contributed by atoms with E-state index >= 15 is 0 Å². The third-order valence-corrected chi connectivity index (χ3v) is 10.1. The van der Waals surface area contributed by atoms with Gasteiger partial charge in [-0.3, -0.25) is 13.9 Å². The van der Waals surface area contributed by atoms with Gasteiger partial charge in [0.25, 0.3) is 10.0 Å². The molecule has 248 valence electrons. The number of carbonyl (C=O) groups is 2. The van der Waals surface area contributed by atoms with Gasteiger partial charge in [-0.15, -0.1) is 0 Å². The minimum absolute atomic E-state index is 0.0354. The number of amides is 2. The Hall–Kier alpha value is -4.35. The molecule has 4 rings (SSSR count). The fourth-order valence-corrected chi connectivity index (χ4v) is 6.69. The molecule has 0 aliphatic heterocycles. The first-order valence-corrected chi connectivity index (χ1v) is 17.5. The summed E-state index contributed by atoms with van der Waals surface area (Å²) in [6.45, 7) is 3.35. The van der Waals surface area contributed by atoms with Gasteiger partial charge in [-0.25, -0.2) is 8.42 Å². The highest BCUT2D eigenvalue weighted by molar-refractivity contribution is 9.10. The van der Waals surface area contributed by atoms with E-state index in [1.165, 1.54) is 31.3 Å². The standard InChI is InChI=1S/C36H40BrN3O6S/c1-5-26(2)38-36(42)33(23-27-11-7-6-8-12-27)39(24-28-15-17-29(37)18-16-28)35(41)25-40(32-13-9-10-14-34(32)46-4)47(43,44)31-21-19-30(45-3)20-22-31/h6-22,26,33H,5,23-25H2,1-4H3,(H,38,42)/t26-,33+/m0/s1. The summed E-state index contributed by atoms with van der Waals surface area (Å²) < 4.78 is 41.3. The van der Waals surface area contributed by atoms with E-state index in [2.05, 4.69) is 21.2 Å². The Kier molecular flexibility index (Phi) is 12.4. The van der Waals surface area contributed by atoms with Crippen molar-refractivity contribution in [1.29, 1.82) is 0 Å². The van der Waals surface area contributed by atoms with Crippen LogP contribution in [0, 0.1) is 0 Å². The van der Waals surface area contributed by atoms with E-state index in [0.29, 0.717) is 12.2 Å². The molecule has 0 aliphatic carbocycles. The number of hydrogen-bond donors (Lipinski definition) is 1. The lowest BCUT2D eigenvalue weighted by Gasteiger charge is -2.34. The Bertz CT molecular complexity index is 1740. The van der Waals surface area contributed by atoms with Crippen molar-refractivity contribution >= 4 is 43.5 Å². The van der Waals surface area contributed by atoms with Gasteiger partial charge >= 0.3 is 0 Å². The summed E-state index contributed by atoms with van der Waals surface area (Å²) in [5.74, 6) is -0.125. The first kappa shape index (κ1) is 35.5. The van der Waals surface area contributed by atoms with Crippen LogP contribution in [0.1, 0.15) is 31.4 Å². The van der Waals surface area contributed by atoms with Crippen molar-refractivity contribution in [3.05, 3.63) is 119 Å². The molecular formula is C36H40BrN3O6S. The third kappa shape index (κ3) is 9.14. The van der Waals surface area contributed by atoms with Crippen LogP contribution in [-0.4, -0.2) is 58.0 Å². The van der Waals surface area contributed by atoms with E-state index in [0.717, 1.165) is 19.9 Å². The maximum absolute atomic E-state index is 14.6. The first-order chi connectivity index (χ1) is 22.6. The van der Waals surface area contributed by atoms with Gasteiger partial charge in [-0.05, 0) is 73.0 Å². The number of nitrogens with one attached hydrogen (secondary N) is 1. The highest BCUT2D eigenvalue weighted by atomic mass is 79.9. The minimum atomic E-state index is -4.30. The van der Waals surface area contributed by atoms with Crippen LogP contribution < -0.4 is 19.1 Å². The van der Waals surface area contributed by atoms with Gasteiger partial charge in [-0.2, -0.15) is 0 Å². The zero-order valence-corrected chi connectivity index (χ0v) is 29.3. The smallest absolute Gasteiger partial charge is 0.264 e. The van der Waals surface area contributed by atoms with E-state index in [9.17, 15) is 18.0 Å². The van der Waals surface area contributed by atoms with Crippen LogP contribution in [0.15, 0.2) is 112 Å². The molecular weight excluding hydrogens is 682 g/mol. The van der Waals surface area contributed by atoms with Crippen molar-refractivity contribution in [2.24, 2.45) is 0 Å². The van der Waals surface area contributed by atoms with E-state index in [-0.39, 0.29) is 41.2 Å². The summed E-state index contributed by atoms with van der Waals surface area (Å²) in [5.41, 5.74) is 1.82. The van der Waals surface area contributed by atoms with Gasteiger partial charge in [0.05, 0.1) is 24.8 Å². The zero-order chi connectivity index (χ0) is 34.0. The van der Waals surface area contributed by atoms with Gasteiger partial charge in [0.2, 0.25) is 11.8 Å². The molecule has 2 amide bonds. The largest absolute Gasteiger partial charge is 0.497 e. The van der Waals surface area contributed by atoms with Gasteiger partial charge in [0.1, 0.15) is 24.1 Å². The highest BCUT2D eigenvalue weighted by Gasteiger charge is 2.35. The van der Waals surface area contributed by atoms with Crippen LogP contribution in [0.2, 0.25) is 0 Å². The van der Waals surface area contributed by atoms with Crippen LogP contribution >= 0.6 is 15.9 Å². The number of benzene rings is 4. The Labute approximate surface area is 285 Å². The molecule has 47 heavy (non-hydrogen) atoms. The molecule has 9 nitrogen and oxygen atoms in total. The highest BCUT2D eigenvalue weighted by Crippen LogP contribution is 2.33. The van der Waals surface area contributed by atoms with Crippen LogP contribution in [0.3, 0.4) is 0 Å². The molecule has 1 N–H and O–H groups in total. The fourth-order valence-electron chi connectivity index (χ4n) is 5.01. The molecule has 0 saturated carbocycles. The number of ether oxygens (including phenoxy) is 2. The van der Waals surface area contributed by atoms with E-state index in [4.69, 9.17) is 9.47 Å². The van der Waals surface area contributed by atoms with Crippen LogP contribution in [0.4, 0.5) is 5.69 Å². The second-order valence-electron chi connectivity index (χ2n) is 11.0. The second kappa shape index (κ2) is 16.5. The molecule has 0 saturated heterocycles. The number of hydrogen-bond acceptors (Lipinski definition) is 6. The average molecular weight is 723 g/mol. The number of carbonyl (C=O) groups excluding carboxylic acids is 2. The normalized spacial score (nSPS) is 12.4. The zero-order valence-electron chi connectivity index (χ0n) is 26.9. The molecule has 4 aromatic rings. The maximum atomic E-state index is 14.6. The molecule has 0 unspecified atom stereocenters. The van der Waals surface area contributed by atoms with Crippen molar-refractivity contribution < 1.29 is 27.5 Å². The summed E-state index contributed by atoms with van der Waals surface area (Å²) in [6, 6.07) is 28.4. The molecule has 4 aromatic carbocycles. The molecule has 0 aromatic heterocycles. The second-order valence-corrected chi connectivity index (χ2v) is 13.8. The Morgan fingerprint density at radius 2 is 1.47 bits per heavy atom. The van der Waals surface area contributed by atoms with E-state index in [1.54, 1.807) is 36.4 Å². The van der Waals surface area contributed by atoms with Crippen molar-refractivity contribution in [2.45, 2.75) is 50.2 Å². The SMILES string of the molecule is CC[C@H](C)NC(=O)[C@@H](Cc1ccccc1)N(Cc1ccc(Br)cc1)C(=O)CN(c1ccccc1OC)S(=O)(=O)c1ccc(OC)cc1. The van der Waals surface area contributed by atoms with Crippen molar-refractivity contribution in [1.82, 2.24) is 10.2 Å². The predicted molar refractivity (Wildman–Crippen MR) is 187 cm³/mol. The minimum Gasteiger partial charge on any atom is -0.497 e. The summed E-state index contributed by atoms with van der Waals surface area (Å²) in [5, 5.41) is 3.05. The lowest BCUT2D eigenvalue weighted by atomic mass is 10.0. The van der Waals surface area contributed by atoms with Gasteiger partial charge in [0.15, 0.2) is 0 Å². The van der Waals surface area contributed by atoms with Crippen LogP contribution in [0.25, 0.3) is 0 Å². The number of anilines is 1. The topological polar surface area (TPSA) is 105 Å². The first-order valence-electron chi connectivity index (χ1n) is 15.2. The maximum Gasteiger partial charge on any atom is 0.264 e. The molecule has 0 spiro atoms. The number of nitrogens with zero attached hydrogens (tertiary/aromatic N) is 2. The van der Waals surface area contributed by atoms with Crippen molar-refractivity contribution in [2.75, 3.05) is 25.1 Å². The quantitative estimate of drug-likeness (QED) is 0.156. The number of sulfonamides is 1. The van der Waals surface area contributed by atoms with Gasteiger partial charge in [0, 0.05) is 23.5 Å². The van der Waals surface area contributed by atoms with Crippen LogP contribution in [-0.2, 0) is 32.6 Å². The third-order valence-electron chi connectivity index (χ3n) is 7.82. The number of rotatable bonds is 15. The van der Waals surface area contributed by atoms with Crippen LogP contribution in [0.5, 0.6) is 11.5 Å². The number of halogens is 1. The predicted octanol–water partition coefficient (Wildman–Crippen LogP) is 6.22. The van der Waals surface area contributed by atoms with Gasteiger partial charge in [-0.1, -0.05) is 77.5 Å². The summed E-state index contributed by atoms with van der Waals surface area (Å²) in [7, 11) is -1.37. The Balaban J connectivity index is 1.83. The number of para-hydroxylation sites is 2. The van der Waals surface area contributed by atoms with E-state index in [1.807, 2.05) is 68.4 Å². The van der Waals surface area contributed by atoms with Gasteiger partial charge < -0.3 is 19.7 Å². The Morgan fingerprint density at radius 3 is 2.09 bits per heavy atom. The molecule has 0 bridgehead atoms. The van der Waals surface area contributed by atoms with Crippen molar-refractivity contribution in [3.63, 3.8) is 0 Å². The summed E-state index contributed by atoms with van der Waals surface area (Å²) >= 11 is 3.46. The monoisotopic (exact) mass is 721 g/mol.